The minimum Gasteiger partial charge on any atom is -0.394 e. The fourth-order valence-electron chi connectivity index (χ4n) is 11.1. The molecule has 1 amide bonds. The molecule has 6 nitrogen and oxygen atoms in total. The predicted molar refractivity (Wildman–Crippen MR) is 339 cm³/mol. The first-order valence-corrected chi connectivity index (χ1v) is 34.9. The second-order valence-corrected chi connectivity index (χ2v) is 24.2. The summed E-state index contributed by atoms with van der Waals surface area (Å²) in [6.07, 6.45) is 84.2. The topological polar surface area (TPSA) is 110 Å². The van der Waals surface area contributed by atoms with Crippen molar-refractivity contribution >= 4 is 5.91 Å². The predicted octanol–water partition coefficient (Wildman–Crippen LogP) is 21.5. The molecule has 0 aromatic carbocycles. The molecule has 0 aromatic rings. The SMILES string of the molecule is CCCCCCCCCCCCCCCCCCC/C=C/CC/C=C/CC/C=C/CCCC(O)C(O)C(CO)NC(=O)C(O)CCCCCCCCCCCCCCCCCCCCCCCCCCCCCCCCC. The number of nitrogens with one attached hydrogen (secondary N) is 1. The Labute approximate surface area is 481 Å². The Hall–Kier alpha value is -1.47. The van der Waals surface area contributed by atoms with Crippen LogP contribution in [0.2, 0.25) is 0 Å². The Morgan fingerprint density at radius 1 is 0.312 bits per heavy atom. The van der Waals surface area contributed by atoms with Gasteiger partial charge in [0.05, 0.1) is 18.8 Å². The van der Waals surface area contributed by atoms with Gasteiger partial charge in [0, 0.05) is 0 Å². The molecule has 0 fully saturated rings. The highest BCUT2D eigenvalue weighted by Gasteiger charge is 2.28. The van der Waals surface area contributed by atoms with Gasteiger partial charge in [-0.15, -0.1) is 0 Å². The lowest BCUT2D eigenvalue weighted by molar-refractivity contribution is -0.132. The van der Waals surface area contributed by atoms with Gasteiger partial charge in [-0.05, 0) is 64.2 Å². The largest absolute Gasteiger partial charge is 0.394 e. The second-order valence-electron chi connectivity index (χ2n) is 24.2. The van der Waals surface area contributed by atoms with Crippen molar-refractivity contribution in [3.63, 3.8) is 0 Å². The maximum absolute atomic E-state index is 12.7. The number of unbranched alkanes of at least 4 members (excludes halogenated alkanes) is 50. The van der Waals surface area contributed by atoms with Crippen LogP contribution in [0.25, 0.3) is 0 Å². The standard InChI is InChI=1S/C71H137NO5/c1-3-5-7-9-11-13-15-17-19-21-23-25-27-29-31-33-35-37-39-41-43-45-47-49-51-53-55-57-59-61-63-65-69(75)71(77)72-67(66-73)70(76)68(74)64-62-60-58-56-54-52-50-48-46-44-42-40-38-36-34-32-30-28-26-24-22-20-18-16-14-12-10-8-6-4-2/h40,42,48,50,56,58,67-70,73-76H,3-39,41,43-47,49,51-55,57,59-66H2,1-2H3,(H,72,77)/b42-40+,50-48+,58-56+. The summed E-state index contributed by atoms with van der Waals surface area (Å²) < 4.78 is 0. The first-order chi connectivity index (χ1) is 38.0. The number of amides is 1. The van der Waals surface area contributed by atoms with Crippen LogP contribution in [0.4, 0.5) is 0 Å². The molecule has 4 unspecified atom stereocenters. The number of aliphatic hydroxyl groups is 4. The van der Waals surface area contributed by atoms with Gasteiger partial charge in [0.2, 0.25) is 5.91 Å². The van der Waals surface area contributed by atoms with Gasteiger partial charge in [-0.2, -0.15) is 0 Å². The minimum absolute atomic E-state index is 0.362. The van der Waals surface area contributed by atoms with E-state index < -0.39 is 36.9 Å². The van der Waals surface area contributed by atoms with E-state index in [4.69, 9.17) is 0 Å². The van der Waals surface area contributed by atoms with Crippen molar-refractivity contribution in [2.75, 3.05) is 6.61 Å². The van der Waals surface area contributed by atoms with Crippen LogP contribution in [0.3, 0.4) is 0 Å². The van der Waals surface area contributed by atoms with Crippen LogP contribution in [0.5, 0.6) is 0 Å². The molecule has 0 heterocycles. The monoisotopic (exact) mass is 1080 g/mol. The third-order valence-corrected chi connectivity index (χ3v) is 16.6. The summed E-state index contributed by atoms with van der Waals surface area (Å²) >= 11 is 0. The molecule has 0 bridgehead atoms. The molecule has 0 aromatic heterocycles. The fourth-order valence-corrected chi connectivity index (χ4v) is 11.1. The molecule has 77 heavy (non-hydrogen) atoms. The molecule has 0 saturated carbocycles. The number of aliphatic hydroxyl groups excluding tert-OH is 4. The van der Waals surface area contributed by atoms with Crippen LogP contribution in [0.15, 0.2) is 36.5 Å². The van der Waals surface area contributed by atoms with Crippen molar-refractivity contribution in [3.8, 4) is 0 Å². The van der Waals surface area contributed by atoms with Crippen molar-refractivity contribution in [2.24, 2.45) is 0 Å². The van der Waals surface area contributed by atoms with Crippen LogP contribution in [-0.4, -0.2) is 57.3 Å². The summed E-state index contributed by atoms with van der Waals surface area (Å²) in [6.45, 7) is 4.09. The first kappa shape index (κ1) is 75.5. The molecule has 4 atom stereocenters. The van der Waals surface area contributed by atoms with Gasteiger partial charge in [-0.25, -0.2) is 0 Å². The molecule has 0 aliphatic heterocycles. The molecule has 6 heteroatoms. The van der Waals surface area contributed by atoms with Gasteiger partial charge in [0.1, 0.15) is 12.2 Å². The van der Waals surface area contributed by atoms with Crippen LogP contribution in [0, 0.1) is 0 Å². The average Bonchev–Trinajstić information content (AvgIpc) is 3.43. The highest BCUT2D eigenvalue weighted by atomic mass is 16.3. The van der Waals surface area contributed by atoms with Crippen LogP contribution >= 0.6 is 0 Å². The van der Waals surface area contributed by atoms with E-state index >= 15 is 0 Å². The van der Waals surface area contributed by atoms with Gasteiger partial charge in [0.25, 0.3) is 0 Å². The zero-order valence-corrected chi connectivity index (χ0v) is 52.0. The van der Waals surface area contributed by atoms with Crippen LogP contribution in [0.1, 0.15) is 380 Å². The second kappa shape index (κ2) is 65.3. The zero-order chi connectivity index (χ0) is 55.8. The molecule has 0 saturated heterocycles. The fraction of sp³-hybridized carbons (Fsp3) is 0.901. The number of allylic oxidation sites excluding steroid dienone is 6. The third-order valence-electron chi connectivity index (χ3n) is 16.6. The third kappa shape index (κ3) is 59.0. The average molecular weight is 1080 g/mol. The molecule has 0 aliphatic carbocycles. The van der Waals surface area contributed by atoms with E-state index in [0.29, 0.717) is 19.3 Å². The van der Waals surface area contributed by atoms with Gasteiger partial charge in [-0.1, -0.05) is 352 Å². The number of hydrogen-bond acceptors (Lipinski definition) is 5. The van der Waals surface area contributed by atoms with Crippen LogP contribution in [-0.2, 0) is 4.79 Å². The smallest absolute Gasteiger partial charge is 0.249 e. The van der Waals surface area contributed by atoms with Crippen molar-refractivity contribution in [2.45, 2.75) is 404 Å². The lowest BCUT2D eigenvalue weighted by Crippen LogP contribution is -2.53. The summed E-state index contributed by atoms with van der Waals surface area (Å²) in [5.74, 6) is -0.592. The molecule has 5 N–H and O–H groups in total. The van der Waals surface area contributed by atoms with E-state index in [9.17, 15) is 25.2 Å². The highest BCUT2D eigenvalue weighted by molar-refractivity contribution is 5.80. The summed E-state index contributed by atoms with van der Waals surface area (Å²) in [5.41, 5.74) is 0. The first-order valence-electron chi connectivity index (χ1n) is 34.9. The van der Waals surface area contributed by atoms with E-state index in [1.165, 1.54) is 295 Å². The van der Waals surface area contributed by atoms with Gasteiger partial charge < -0.3 is 25.7 Å². The number of carbonyl (C=O) groups excluding carboxylic acids is 1. The van der Waals surface area contributed by atoms with Crippen molar-refractivity contribution in [3.05, 3.63) is 36.5 Å². The number of carbonyl (C=O) groups is 1. The van der Waals surface area contributed by atoms with Gasteiger partial charge in [0.15, 0.2) is 0 Å². The lowest BCUT2D eigenvalue weighted by Gasteiger charge is -2.27. The van der Waals surface area contributed by atoms with Crippen molar-refractivity contribution in [1.29, 1.82) is 0 Å². The van der Waals surface area contributed by atoms with E-state index in [0.717, 1.165) is 51.4 Å². The Morgan fingerprint density at radius 3 is 0.818 bits per heavy atom. The van der Waals surface area contributed by atoms with Crippen molar-refractivity contribution in [1.82, 2.24) is 5.32 Å². The Bertz CT molecular complexity index is 1220. The van der Waals surface area contributed by atoms with Gasteiger partial charge >= 0.3 is 0 Å². The van der Waals surface area contributed by atoms with E-state index in [1.807, 2.05) is 0 Å². The Morgan fingerprint density at radius 2 is 0.545 bits per heavy atom. The molecular formula is C71H137NO5. The maximum atomic E-state index is 12.7. The molecule has 0 aliphatic rings. The van der Waals surface area contributed by atoms with E-state index in [-0.39, 0.29) is 0 Å². The minimum atomic E-state index is -1.29. The Balaban J connectivity index is 3.60. The quantitative estimate of drug-likeness (QED) is 0.0308. The molecular weight excluding hydrogens is 947 g/mol. The normalized spacial score (nSPS) is 13.7. The molecule has 0 spiro atoms. The maximum Gasteiger partial charge on any atom is 0.249 e. The summed E-state index contributed by atoms with van der Waals surface area (Å²) in [7, 11) is 0. The van der Waals surface area contributed by atoms with Crippen LogP contribution < -0.4 is 5.32 Å². The Kier molecular flexibility index (Phi) is 64.1. The number of rotatable bonds is 65. The summed E-state index contributed by atoms with van der Waals surface area (Å²) in [5, 5.41) is 44.2. The lowest BCUT2D eigenvalue weighted by atomic mass is 10.00. The molecule has 0 radical (unpaired) electrons. The summed E-state index contributed by atoms with van der Waals surface area (Å²) in [6, 6.07) is -1.01. The zero-order valence-electron chi connectivity index (χ0n) is 52.0. The summed E-state index contributed by atoms with van der Waals surface area (Å²) in [4.78, 5) is 12.7. The molecule has 456 valence electrons. The highest BCUT2D eigenvalue weighted by Crippen LogP contribution is 2.19. The van der Waals surface area contributed by atoms with Crippen molar-refractivity contribution < 1.29 is 25.2 Å². The molecule has 0 rings (SSSR count). The van der Waals surface area contributed by atoms with Gasteiger partial charge in [-0.3, -0.25) is 4.79 Å². The van der Waals surface area contributed by atoms with E-state index in [2.05, 4.69) is 55.6 Å². The number of hydrogen-bond donors (Lipinski definition) is 5. The van der Waals surface area contributed by atoms with E-state index in [1.54, 1.807) is 0 Å².